The zero-order chi connectivity index (χ0) is 21.2. The topological polar surface area (TPSA) is 92.3 Å². The average Bonchev–Trinajstić information content (AvgIpc) is 2.81. The molecule has 2 aromatic rings. The maximum absolute atomic E-state index is 13.6. The van der Waals surface area contributed by atoms with E-state index in [2.05, 4.69) is 10.6 Å². The van der Waals surface area contributed by atoms with Crippen LogP contribution in [-0.2, 0) is 19.4 Å². The number of carbonyl (C=O) groups is 2. The number of thioether (sulfide) groups is 1. The Morgan fingerprint density at radius 2 is 2.00 bits per heavy atom. The van der Waals surface area contributed by atoms with Crippen LogP contribution in [0.15, 0.2) is 46.2 Å². The van der Waals surface area contributed by atoms with Crippen molar-refractivity contribution in [2.24, 2.45) is 5.92 Å². The zero-order valence-corrected chi connectivity index (χ0v) is 17.0. The van der Waals surface area contributed by atoms with Crippen molar-refractivity contribution in [1.29, 1.82) is 0 Å². The monoisotopic (exact) mass is 440 g/mol. The van der Waals surface area contributed by atoms with Crippen molar-refractivity contribution in [2.45, 2.75) is 23.1 Å². The van der Waals surface area contributed by atoms with E-state index in [0.29, 0.717) is 11.4 Å². The standard InChI is InChI=1S/C19H18F2N2O4S2/c1-11-10-28-17-5-3-13(9-16(17)23-19(11)25)29(26,27)7-6-18(24)22-15-8-12(20)2-4-14(15)21/h2-5,8-9,11H,6-7,10H2,1H3,(H,22,24)(H,23,25)/t11-/m0/s1. The fraction of sp³-hybridized carbons (Fsp3) is 0.263. The van der Waals surface area contributed by atoms with Crippen LogP contribution in [0.3, 0.4) is 0 Å². The quantitative estimate of drug-likeness (QED) is 0.743. The molecule has 0 aromatic heterocycles. The van der Waals surface area contributed by atoms with E-state index in [0.717, 1.165) is 23.1 Å². The fourth-order valence-electron chi connectivity index (χ4n) is 2.62. The van der Waals surface area contributed by atoms with E-state index < -0.39 is 39.6 Å². The Morgan fingerprint density at radius 1 is 1.24 bits per heavy atom. The van der Waals surface area contributed by atoms with Crippen molar-refractivity contribution < 1.29 is 26.8 Å². The average molecular weight is 440 g/mol. The number of hydrogen-bond donors (Lipinski definition) is 2. The summed E-state index contributed by atoms with van der Waals surface area (Å²) in [6, 6.07) is 7.00. The summed E-state index contributed by atoms with van der Waals surface area (Å²) in [4.78, 5) is 24.7. The minimum atomic E-state index is -3.83. The number of fused-ring (bicyclic) bond motifs is 1. The summed E-state index contributed by atoms with van der Waals surface area (Å²) in [5.74, 6) is -2.65. The van der Waals surface area contributed by atoms with Gasteiger partial charge in [0.25, 0.3) is 0 Å². The van der Waals surface area contributed by atoms with Crippen LogP contribution in [0.25, 0.3) is 0 Å². The van der Waals surface area contributed by atoms with Gasteiger partial charge in [-0.1, -0.05) is 6.92 Å². The number of rotatable bonds is 5. The molecule has 1 heterocycles. The first-order chi connectivity index (χ1) is 13.7. The van der Waals surface area contributed by atoms with Gasteiger partial charge in [0.05, 0.1) is 22.0 Å². The largest absolute Gasteiger partial charge is 0.325 e. The Kier molecular flexibility index (Phi) is 6.23. The molecule has 0 spiro atoms. The summed E-state index contributed by atoms with van der Waals surface area (Å²) >= 11 is 1.45. The second-order valence-corrected chi connectivity index (χ2v) is 9.77. The van der Waals surface area contributed by atoms with Crippen LogP contribution in [-0.4, -0.2) is 31.7 Å². The van der Waals surface area contributed by atoms with Gasteiger partial charge in [0.1, 0.15) is 11.6 Å². The highest BCUT2D eigenvalue weighted by Gasteiger charge is 2.23. The highest BCUT2D eigenvalue weighted by Crippen LogP contribution is 2.34. The number of nitrogens with one attached hydrogen (secondary N) is 2. The minimum Gasteiger partial charge on any atom is -0.325 e. The molecule has 0 aliphatic carbocycles. The van der Waals surface area contributed by atoms with Crippen molar-refractivity contribution in [3.05, 3.63) is 48.0 Å². The molecule has 2 amide bonds. The number of halogens is 2. The fourth-order valence-corrected chi connectivity index (χ4v) is 4.90. The molecule has 0 unspecified atom stereocenters. The Balaban J connectivity index is 1.70. The molecule has 0 fully saturated rings. The Hall–Kier alpha value is -2.46. The van der Waals surface area contributed by atoms with Gasteiger partial charge in [0.2, 0.25) is 11.8 Å². The molecule has 0 bridgehead atoms. The molecule has 2 N–H and O–H groups in total. The van der Waals surface area contributed by atoms with Gasteiger partial charge in [-0.05, 0) is 30.3 Å². The maximum atomic E-state index is 13.6. The first-order valence-corrected chi connectivity index (χ1v) is 11.3. The molecule has 6 nitrogen and oxygen atoms in total. The third-order valence-corrected chi connectivity index (χ3v) is 7.35. The maximum Gasteiger partial charge on any atom is 0.228 e. The SMILES string of the molecule is C[C@H]1CSc2ccc(S(=O)(=O)CCC(=O)Nc3cc(F)ccc3F)cc2NC1=O. The number of anilines is 2. The van der Waals surface area contributed by atoms with E-state index in [4.69, 9.17) is 0 Å². The third kappa shape index (κ3) is 5.13. The molecule has 29 heavy (non-hydrogen) atoms. The van der Waals surface area contributed by atoms with E-state index in [1.165, 1.54) is 23.9 Å². The second-order valence-electron chi connectivity index (χ2n) is 6.60. The first-order valence-electron chi connectivity index (χ1n) is 8.71. The molecule has 0 saturated heterocycles. The van der Waals surface area contributed by atoms with Crippen LogP contribution in [0.4, 0.5) is 20.2 Å². The molecule has 10 heteroatoms. The second kappa shape index (κ2) is 8.50. The molecule has 1 atom stereocenters. The smallest absolute Gasteiger partial charge is 0.228 e. The molecular weight excluding hydrogens is 422 g/mol. The van der Waals surface area contributed by atoms with Crippen LogP contribution < -0.4 is 10.6 Å². The van der Waals surface area contributed by atoms with Crippen LogP contribution >= 0.6 is 11.8 Å². The molecule has 3 rings (SSSR count). The van der Waals surface area contributed by atoms with Crippen molar-refractivity contribution in [3.8, 4) is 0 Å². The molecule has 0 radical (unpaired) electrons. The lowest BCUT2D eigenvalue weighted by Crippen LogP contribution is -2.20. The summed E-state index contributed by atoms with van der Waals surface area (Å²) in [6.07, 6.45) is -0.437. The Labute approximate surface area is 171 Å². The van der Waals surface area contributed by atoms with E-state index >= 15 is 0 Å². The number of sulfone groups is 1. The van der Waals surface area contributed by atoms with Crippen LogP contribution in [0, 0.1) is 17.6 Å². The van der Waals surface area contributed by atoms with E-state index in [1.807, 2.05) is 0 Å². The van der Waals surface area contributed by atoms with Crippen molar-refractivity contribution >= 4 is 44.8 Å². The predicted molar refractivity (Wildman–Crippen MR) is 107 cm³/mol. The van der Waals surface area contributed by atoms with Gasteiger partial charge in [-0.2, -0.15) is 0 Å². The highest BCUT2D eigenvalue weighted by molar-refractivity contribution is 7.99. The predicted octanol–water partition coefficient (Wildman–Crippen LogP) is 3.45. The van der Waals surface area contributed by atoms with Gasteiger partial charge in [-0.15, -0.1) is 11.8 Å². The lowest BCUT2D eigenvalue weighted by molar-refractivity contribution is -0.118. The van der Waals surface area contributed by atoms with Crippen molar-refractivity contribution in [3.63, 3.8) is 0 Å². The van der Waals surface area contributed by atoms with Crippen molar-refractivity contribution in [1.82, 2.24) is 0 Å². The van der Waals surface area contributed by atoms with E-state index in [9.17, 15) is 26.8 Å². The molecule has 1 aliphatic rings. The van der Waals surface area contributed by atoms with Gasteiger partial charge in [-0.25, -0.2) is 17.2 Å². The van der Waals surface area contributed by atoms with E-state index in [-0.39, 0.29) is 22.4 Å². The summed E-state index contributed by atoms with van der Waals surface area (Å²) in [6.45, 7) is 1.78. The van der Waals surface area contributed by atoms with Gasteiger partial charge < -0.3 is 10.6 Å². The van der Waals surface area contributed by atoms with Crippen LogP contribution in [0.2, 0.25) is 0 Å². The molecule has 0 saturated carbocycles. The molecule has 2 aromatic carbocycles. The lowest BCUT2D eigenvalue weighted by Gasteiger charge is -2.10. The van der Waals surface area contributed by atoms with Crippen LogP contribution in [0.5, 0.6) is 0 Å². The van der Waals surface area contributed by atoms with Gasteiger partial charge in [0, 0.05) is 29.1 Å². The van der Waals surface area contributed by atoms with Gasteiger partial charge in [0.15, 0.2) is 9.84 Å². The summed E-state index contributed by atoms with van der Waals surface area (Å²) in [5.41, 5.74) is 0.0583. The highest BCUT2D eigenvalue weighted by atomic mass is 32.2. The number of amides is 2. The minimum absolute atomic E-state index is 0.0311. The Bertz CT molecular complexity index is 1070. The number of hydrogen-bond acceptors (Lipinski definition) is 5. The summed E-state index contributed by atoms with van der Waals surface area (Å²) in [5, 5.41) is 4.88. The Morgan fingerprint density at radius 3 is 2.76 bits per heavy atom. The number of carbonyl (C=O) groups excluding carboxylic acids is 2. The molecule has 1 aliphatic heterocycles. The normalized spacial score (nSPS) is 16.5. The first kappa shape index (κ1) is 21.3. The molecular formula is C19H18F2N2O4S2. The number of benzene rings is 2. The molecule has 154 valence electrons. The van der Waals surface area contributed by atoms with Crippen LogP contribution in [0.1, 0.15) is 13.3 Å². The summed E-state index contributed by atoms with van der Waals surface area (Å²) < 4.78 is 51.9. The van der Waals surface area contributed by atoms with Gasteiger partial charge >= 0.3 is 0 Å². The third-order valence-electron chi connectivity index (χ3n) is 4.30. The lowest BCUT2D eigenvalue weighted by atomic mass is 10.2. The van der Waals surface area contributed by atoms with Gasteiger partial charge in [-0.3, -0.25) is 9.59 Å². The zero-order valence-electron chi connectivity index (χ0n) is 15.4. The van der Waals surface area contributed by atoms with Crippen molar-refractivity contribution in [2.75, 3.05) is 22.1 Å². The van der Waals surface area contributed by atoms with E-state index in [1.54, 1.807) is 13.0 Å². The summed E-state index contributed by atoms with van der Waals surface area (Å²) in [7, 11) is -3.83.